The van der Waals surface area contributed by atoms with Gasteiger partial charge in [-0.15, -0.1) is 0 Å². The van der Waals surface area contributed by atoms with E-state index in [2.05, 4.69) is 10.3 Å². The van der Waals surface area contributed by atoms with Crippen LogP contribution in [-0.4, -0.2) is 48.9 Å². The highest BCUT2D eigenvalue weighted by Crippen LogP contribution is 2.40. The van der Waals surface area contributed by atoms with Crippen LogP contribution in [0, 0.1) is 0 Å². The molecule has 0 spiro atoms. The van der Waals surface area contributed by atoms with Crippen molar-refractivity contribution in [3.8, 4) is 0 Å². The van der Waals surface area contributed by atoms with E-state index < -0.39 is 27.7 Å². The third kappa shape index (κ3) is 4.74. The Labute approximate surface area is 188 Å². The Morgan fingerprint density at radius 2 is 1.72 bits per heavy atom. The van der Waals surface area contributed by atoms with Gasteiger partial charge in [0.2, 0.25) is 15.0 Å². The smallest absolute Gasteiger partial charge is 0.337 e. The van der Waals surface area contributed by atoms with Crippen LogP contribution >= 0.6 is 0 Å². The number of carbonyl (C=O) groups excluding carboxylic acids is 2. The van der Waals surface area contributed by atoms with Crippen LogP contribution in [0.2, 0.25) is 0 Å². The molecule has 1 saturated carbocycles. The van der Waals surface area contributed by atoms with Crippen LogP contribution in [0.4, 0.5) is 0 Å². The van der Waals surface area contributed by atoms with E-state index in [9.17, 15) is 18.0 Å². The third-order valence-electron chi connectivity index (χ3n) is 5.91. The number of hydrogen-bond acceptors (Lipinski definition) is 8. The average molecular weight is 466 g/mol. The Morgan fingerprint density at radius 1 is 1.12 bits per heavy atom. The summed E-state index contributed by atoms with van der Waals surface area (Å²) in [6.07, 6.45) is 7.02. The van der Waals surface area contributed by atoms with Gasteiger partial charge < -0.3 is 19.4 Å². The molecule has 0 saturated heterocycles. The van der Waals surface area contributed by atoms with Gasteiger partial charge in [-0.2, -0.15) is 0 Å². The largest absolute Gasteiger partial charge is 0.463 e. The van der Waals surface area contributed by atoms with Crippen molar-refractivity contribution in [2.75, 3.05) is 12.9 Å². The lowest BCUT2D eigenvalue weighted by Gasteiger charge is -2.31. The van der Waals surface area contributed by atoms with E-state index in [1.165, 1.54) is 10.8 Å². The molecule has 1 N–H and O–H groups in total. The van der Waals surface area contributed by atoms with E-state index in [0.29, 0.717) is 17.1 Å². The number of ether oxygens (including phenoxy) is 2. The number of esters is 2. The molecule has 1 aromatic heterocycles. The highest BCUT2D eigenvalue weighted by molar-refractivity contribution is 7.90. The van der Waals surface area contributed by atoms with Crippen molar-refractivity contribution in [2.45, 2.75) is 70.1 Å². The maximum atomic E-state index is 13.4. The zero-order chi connectivity index (χ0) is 23.6. The number of nitrogens with zero attached hydrogens (tertiary/aromatic N) is 2. The SMILES string of the molecule is CCOC(=O)C1=C(C)NC(C)=C(C(=O)OC2CCCCC2)C1c1cnc(S(C)(=O)=O)n1C. The summed E-state index contributed by atoms with van der Waals surface area (Å²) in [6, 6.07) is 0. The number of nitrogens with one attached hydrogen (secondary N) is 1. The first-order valence-electron chi connectivity index (χ1n) is 10.8. The molecule has 0 aromatic carbocycles. The van der Waals surface area contributed by atoms with Gasteiger partial charge in [-0.05, 0) is 46.5 Å². The van der Waals surface area contributed by atoms with Gasteiger partial charge in [0.15, 0.2) is 0 Å². The molecule has 1 aliphatic carbocycles. The summed E-state index contributed by atoms with van der Waals surface area (Å²) < 4.78 is 36.8. The predicted octanol–water partition coefficient (Wildman–Crippen LogP) is 2.50. The van der Waals surface area contributed by atoms with Gasteiger partial charge in [0, 0.05) is 24.7 Å². The monoisotopic (exact) mass is 465 g/mol. The van der Waals surface area contributed by atoms with Gasteiger partial charge in [0.1, 0.15) is 6.10 Å². The summed E-state index contributed by atoms with van der Waals surface area (Å²) >= 11 is 0. The van der Waals surface area contributed by atoms with Crippen LogP contribution in [0.15, 0.2) is 33.9 Å². The quantitative estimate of drug-likeness (QED) is 0.637. The number of hydrogen-bond donors (Lipinski definition) is 1. The number of dihydropyridines is 1. The first-order chi connectivity index (χ1) is 15.1. The van der Waals surface area contributed by atoms with E-state index >= 15 is 0 Å². The first kappa shape index (κ1) is 24.0. The number of aromatic nitrogens is 2. The molecule has 1 unspecified atom stereocenters. The minimum atomic E-state index is -3.62. The Balaban J connectivity index is 2.11. The summed E-state index contributed by atoms with van der Waals surface area (Å²) in [6.45, 7) is 5.32. The fourth-order valence-electron chi connectivity index (χ4n) is 4.46. The molecule has 176 valence electrons. The number of imidazole rings is 1. The van der Waals surface area contributed by atoms with Crippen LogP contribution in [0.3, 0.4) is 0 Å². The van der Waals surface area contributed by atoms with E-state index in [-0.39, 0.29) is 29.0 Å². The Hall–Kier alpha value is -2.62. The van der Waals surface area contributed by atoms with E-state index in [1.54, 1.807) is 27.8 Å². The molecule has 32 heavy (non-hydrogen) atoms. The lowest BCUT2D eigenvalue weighted by Crippen LogP contribution is -2.34. The average Bonchev–Trinajstić information content (AvgIpc) is 3.09. The zero-order valence-electron chi connectivity index (χ0n) is 19.2. The summed E-state index contributed by atoms with van der Waals surface area (Å²) in [7, 11) is -2.06. The highest BCUT2D eigenvalue weighted by atomic mass is 32.2. The van der Waals surface area contributed by atoms with Crippen molar-refractivity contribution >= 4 is 21.8 Å². The second-order valence-electron chi connectivity index (χ2n) is 8.32. The summed E-state index contributed by atoms with van der Waals surface area (Å²) in [5.41, 5.74) is 1.96. The maximum Gasteiger partial charge on any atom is 0.337 e. The van der Waals surface area contributed by atoms with Crippen molar-refractivity contribution in [3.63, 3.8) is 0 Å². The highest BCUT2D eigenvalue weighted by Gasteiger charge is 2.41. The molecule has 10 heteroatoms. The fraction of sp³-hybridized carbons (Fsp3) is 0.591. The first-order valence-corrected chi connectivity index (χ1v) is 12.7. The van der Waals surface area contributed by atoms with Crippen molar-refractivity contribution in [2.24, 2.45) is 7.05 Å². The molecular weight excluding hydrogens is 434 g/mol. The minimum Gasteiger partial charge on any atom is -0.463 e. The van der Waals surface area contributed by atoms with Crippen LogP contribution in [-0.2, 0) is 35.9 Å². The number of carbonyl (C=O) groups is 2. The Kier molecular flexibility index (Phi) is 7.12. The van der Waals surface area contributed by atoms with Crippen LogP contribution in [0.25, 0.3) is 0 Å². The van der Waals surface area contributed by atoms with Gasteiger partial charge in [0.25, 0.3) is 0 Å². The molecule has 1 aromatic rings. The number of allylic oxidation sites excluding steroid dienone is 2. The molecule has 1 fully saturated rings. The summed E-state index contributed by atoms with van der Waals surface area (Å²) in [5.74, 6) is -1.98. The molecule has 2 aliphatic rings. The molecule has 9 nitrogen and oxygen atoms in total. The van der Waals surface area contributed by atoms with Gasteiger partial charge in [-0.1, -0.05) is 6.42 Å². The molecule has 0 bridgehead atoms. The predicted molar refractivity (Wildman–Crippen MR) is 117 cm³/mol. The topological polar surface area (TPSA) is 117 Å². The van der Waals surface area contributed by atoms with E-state index in [1.807, 2.05) is 0 Å². The Bertz CT molecular complexity index is 1080. The van der Waals surface area contributed by atoms with E-state index in [0.717, 1.165) is 38.4 Å². The van der Waals surface area contributed by atoms with Crippen LogP contribution in [0.5, 0.6) is 0 Å². The second kappa shape index (κ2) is 9.48. The van der Waals surface area contributed by atoms with Gasteiger partial charge >= 0.3 is 11.9 Å². The summed E-state index contributed by atoms with van der Waals surface area (Å²) in [5, 5.41) is 2.95. The van der Waals surface area contributed by atoms with Crippen molar-refractivity contribution in [1.82, 2.24) is 14.9 Å². The molecule has 0 radical (unpaired) electrons. The fourth-order valence-corrected chi connectivity index (χ4v) is 5.30. The third-order valence-corrected chi connectivity index (χ3v) is 6.95. The van der Waals surface area contributed by atoms with Gasteiger partial charge in [-0.3, -0.25) is 0 Å². The van der Waals surface area contributed by atoms with Crippen LogP contribution in [0.1, 0.15) is 64.5 Å². The normalized spacial score (nSPS) is 20.2. The van der Waals surface area contributed by atoms with E-state index in [4.69, 9.17) is 9.47 Å². The molecule has 2 heterocycles. The number of rotatable bonds is 6. The zero-order valence-corrected chi connectivity index (χ0v) is 20.0. The Morgan fingerprint density at radius 3 is 2.25 bits per heavy atom. The molecular formula is C22H31N3O6S. The van der Waals surface area contributed by atoms with Crippen molar-refractivity contribution in [3.05, 3.63) is 34.4 Å². The lowest BCUT2D eigenvalue weighted by atomic mass is 9.83. The maximum absolute atomic E-state index is 13.4. The molecule has 1 aliphatic heterocycles. The van der Waals surface area contributed by atoms with Gasteiger partial charge in [-0.25, -0.2) is 23.0 Å². The lowest BCUT2D eigenvalue weighted by molar-refractivity contribution is -0.146. The standard InChI is InChI=1S/C22H31N3O6S/c1-6-30-20(26)17-13(2)24-14(3)18(21(27)31-15-10-8-7-9-11-15)19(17)16-12-23-22(25(16)4)32(5,28)29/h12,15,19,24H,6-11H2,1-5H3. The molecule has 0 amide bonds. The van der Waals surface area contributed by atoms with Crippen molar-refractivity contribution in [1.29, 1.82) is 0 Å². The molecule has 3 rings (SSSR count). The minimum absolute atomic E-state index is 0.149. The van der Waals surface area contributed by atoms with Crippen LogP contribution < -0.4 is 5.32 Å². The second-order valence-corrected chi connectivity index (χ2v) is 10.2. The molecule has 1 atom stereocenters. The summed E-state index contributed by atoms with van der Waals surface area (Å²) in [4.78, 5) is 30.4. The number of sulfone groups is 1. The van der Waals surface area contributed by atoms with Gasteiger partial charge in [0.05, 0.1) is 35.6 Å². The van der Waals surface area contributed by atoms with Crippen molar-refractivity contribution < 1.29 is 27.5 Å².